The molecule has 0 aliphatic heterocycles. The van der Waals surface area contributed by atoms with E-state index in [1.54, 1.807) is 0 Å². The van der Waals surface area contributed by atoms with E-state index < -0.39 is 6.10 Å². The smallest absolute Gasteiger partial charge is 0.313 e. The van der Waals surface area contributed by atoms with Gasteiger partial charge in [-0.15, -0.1) is 0 Å². The summed E-state index contributed by atoms with van der Waals surface area (Å²) >= 11 is 0. The van der Waals surface area contributed by atoms with Crippen LogP contribution in [0.25, 0.3) is 0 Å². The fourth-order valence-corrected chi connectivity index (χ4v) is 4.81. The first kappa shape index (κ1) is 17.5. The molecule has 0 aromatic heterocycles. The van der Waals surface area contributed by atoms with E-state index in [2.05, 4.69) is 26.8 Å². The third-order valence-electron chi connectivity index (χ3n) is 5.93. The van der Waals surface area contributed by atoms with Crippen LogP contribution in [0.1, 0.15) is 53.4 Å². The standard InChI is InChI=1S/C18H30O4/c1-12-6-7-14-17(2,3)8-5-9-18(14,4)15(12)16(21)22-11-13(20)10-19/h6,13-15,19-20H,5,7-11H2,1-4H3/t13?,14-,15+,18-/m0/s1. The molecule has 4 atom stereocenters. The highest BCUT2D eigenvalue weighted by atomic mass is 16.5. The molecule has 22 heavy (non-hydrogen) atoms. The van der Waals surface area contributed by atoms with Crippen molar-refractivity contribution in [1.82, 2.24) is 0 Å². The van der Waals surface area contributed by atoms with Gasteiger partial charge in [-0.3, -0.25) is 4.79 Å². The summed E-state index contributed by atoms with van der Waals surface area (Å²) in [6.07, 6.45) is 5.59. The number of carbonyl (C=O) groups is 1. The average molecular weight is 310 g/mol. The normalized spacial score (nSPS) is 35.3. The number of hydrogen-bond acceptors (Lipinski definition) is 4. The highest BCUT2D eigenvalue weighted by Crippen LogP contribution is 2.59. The van der Waals surface area contributed by atoms with Gasteiger partial charge in [-0.1, -0.05) is 38.8 Å². The van der Waals surface area contributed by atoms with E-state index in [1.807, 2.05) is 6.92 Å². The summed E-state index contributed by atoms with van der Waals surface area (Å²) in [5.74, 6) is -0.0272. The van der Waals surface area contributed by atoms with Gasteiger partial charge < -0.3 is 14.9 Å². The van der Waals surface area contributed by atoms with Crippen molar-refractivity contribution in [1.29, 1.82) is 0 Å². The zero-order valence-corrected chi connectivity index (χ0v) is 14.3. The minimum absolute atomic E-state index is 0.0815. The lowest BCUT2D eigenvalue weighted by Crippen LogP contribution is -2.51. The Morgan fingerprint density at radius 3 is 2.73 bits per heavy atom. The lowest BCUT2D eigenvalue weighted by molar-refractivity contribution is -0.161. The number of rotatable bonds is 4. The van der Waals surface area contributed by atoms with Crippen LogP contribution in [0.3, 0.4) is 0 Å². The quantitative estimate of drug-likeness (QED) is 0.619. The van der Waals surface area contributed by atoms with Crippen LogP contribution in [0, 0.1) is 22.7 Å². The van der Waals surface area contributed by atoms with Crippen molar-refractivity contribution in [3.63, 3.8) is 0 Å². The van der Waals surface area contributed by atoms with Crippen LogP contribution in [0.15, 0.2) is 11.6 Å². The van der Waals surface area contributed by atoms with E-state index in [-0.39, 0.29) is 35.9 Å². The molecule has 0 aromatic rings. The fourth-order valence-electron chi connectivity index (χ4n) is 4.81. The monoisotopic (exact) mass is 310 g/mol. The zero-order valence-electron chi connectivity index (χ0n) is 14.3. The van der Waals surface area contributed by atoms with Crippen LogP contribution in [0.5, 0.6) is 0 Å². The second kappa shape index (κ2) is 6.32. The van der Waals surface area contributed by atoms with Crippen molar-refractivity contribution in [3.8, 4) is 0 Å². The molecule has 1 fully saturated rings. The number of carbonyl (C=O) groups excluding carboxylic acids is 1. The van der Waals surface area contributed by atoms with Gasteiger partial charge in [0.15, 0.2) is 0 Å². The Kier molecular flexibility index (Phi) is 5.03. The molecule has 4 nitrogen and oxygen atoms in total. The van der Waals surface area contributed by atoms with Gasteiger partial charge >= 0.3 is 5.97 Å². The van der Waals surface area contributed by atoms with E-state index in [1.165, 1.54) is 6.42 Å². The number of allylic oxidation sites excluding steroid dienone is 1. The molecule has 2 aliphatic carbocycles. The van der Waals surface area contributed by atoms with Gasteiger partial charge in [0, 0.05) is 0 Å². The predicted molar refractivity (Wildman–Crippen MR) is 85.1 cm³/mol. The van der Waals surface area contributed by atoms with Gasteiger partial charge in [0.2, 0.25) is 0 Å². The zero-order chi connectivity index (χ0) is 16.5. The first-order chi connectivity index (χ1) is 10.2. The number of aliphatic hydroxyl groups is 2. The fraction of sp³-hybridized carbons (Fsp3) is 0.833. The molecule has 0 heterocycles. The Hall–Kier alpha value is -0.870. The first-order valence-electron chi connectivity index (χ1n) is 8.34. The average Bonchev–Trinajstić information content (AvgIpc) is 2.43. The van der Waals surface area contributed by atoms with Crippen molar-refractivity contribution in [2.24, 2.45) is 22.7 Å². The number of esters is 1. The van der Waals surface area contributed by atoms with Gasteiger partial charge in [-0.2, -0.15) is 0 Å². The third kappa shape index (κ3) is 3.09. The number of fused-ring (bicyclic) bond motifs is 1. The van der Waals surface area contributed by atoms with Crippen molar-refractivity contribution >= 4 is 5.97 Å². The molecule has 0 bridgehead atoms. The second-order valence-electron chi connectivity index (χ2n) is 7.98. The molecule has 2 aliphatic rings. The molecule has 0 aromatic carbocycles. The molecule has 0 amide bonds. The van der Waals surface area contributed by atoms with E-state index in [0.29, 0.717) is 5.92 Å². The first-order valence-corrected chi connectivity index (χ1v) is 8.34. The van der Waals surface area contributed by atoms with Crippen molar-refractivity contribution in [2.45, 2.75) is 59.5 Å². The Balaban J connectivity index is 2.23. The van der Waals surface area contributed by atoms with Crippen LogP contribution in [-0.4, -0.2) is 35.5 Å². The van der Waals surface area contributed by atoms with Crippen LogP contribution in [-0.2, 0) is 9.53 Å². The molecule has 2 N–H and O–H groups in total. The Morgan fingerprint density at radius 2 is 2.09 bits per heavy atom. The molecule has 0 spiro atoms. The van der Waals surface area contributed by atoms with Crippen LogP contribution in [0.2, 0.25) is 0 Å². The minimum atomic E-state index is -0.997. The summed E-state index contributed by atoms with van der Waals surface area (Å²) in [5, 5.41) is 18.3. The lowest BCUT2D eigenvalue weighted by atomic mass is 9.49. The maximum atomic E-state index is 12.6. The van der Waals surface area contributed by atoms with E-state index in [4.69, 9.17) is 9.84 Å². The molecule has 1 saturated carbocycles. The minimum Gasteiger partial charge on any atom is -0.462 e. The maximum absolute atomic E-state index is 12.6. The molecule has 0 saturated heterocycles. The van der Waals surface area contributed by atoms with Gasteiger partial charge in [-0.25, -0.2) is 0 Å². The summed E-state index contributed by atoms with van der Waals surface area (Å²) in [6, 6.07) is 0. The van der Waals surface area contributed by atoms with Crippen LogP contribution in [0.4, 0.5) is 0 Å². The highest BCUT2D eigenvalue weighted by Gasteiger charge is 2.54. The summed E-state index contributed by atoms with van der Waals surface area (Å²) in [4.78, 5) is 12.6. The van der Waals surface area contributed by atoms with Gasteiger partial charge in [0.05, 0.1) is 12.5 Å². The summed E-state index contributed by atoms with van der Waals surface area (Å²) < 4.78 is 5.30. The maximum Gasteiger partial charge on any atom is 0.313 e. The molecule has 0 radical (unpaired) electrons. The van der Waals surface area contributed by atoms with Crippen molar-refractivity contribution in [3.05, 3.63) is 11.6 Å². The summed E-state index contributed by atoms with van der Waals surface area (Å²) in [5.41, 5.74) is 1.23. The van der Waals surface area contributed by atoms with Gasteiger partial charge in [0.25, 0.3) is 0 Å². The van der Waals surface area contributed by atoms with Crippen molar-refractivity contribution < 1.29 is 19.7 Å². The van der Waals surface area contributed by atoms with Gasteiger partial charge in [-0.05, 0) is 42.9 Å². The van der Waals surface area contributed by atoms with E-state index >= 15 is 0 Å². The number of aliphatic hydroxyl groups excluding tert-OH is 2. The molecule has 1 unspecified atom stereocenters. The molecular formula is C18H30O4. The Labute approximate surface area is 133 Å². The molecular weight excluding hydrogens is 280 g/mol. The van der Waals surface area contributed by atoms with E-state index in [0.717, 1.165) is 24.8 Å². The van der Waals surface area contributed by atoms with Gasteiger partial charge in [0.1, 0.15) is 12.7 Å². The largest absolute Gasteiger partial charge is 0.462 e. The third-order valence-corrected chi connectivity index (χ3v) is 5.93. The topological polar surface area (TPSA) is 66.8 Å². The molecule has 126 valence electrons. The highest BCUT2D eigenvalue weighted by molar-refractivity contribution is 5.77. The molecule has 2 rings (SSSR count). The SMILES string of the molecule is CC1=CC[C@H]2C(C)(C)CCC[C@]2(C)[C@H]1C(=O)OCC(O)CO. The summed E-state index contributed by atoms with van der Waals surface area (Å²) in [6.45, 7) is 8.33. The summed E-state index contributed by atoms with van der Waals surface area (Å²) in [7, 11) is 0. The van der Waals surface area contributed by atoms with E-state index in [9.17, 15) is 9.90 Å². The number of ether oxygens (including phenoxy) is 1. The predicted octanol–water partition coefficient (Wildman–Crippen LogP) is 2.68. The Morgan fingerprint density at radius 1 is 1.41 bits per heavy atom. The second-order valence-corrected chi connectivity index (χ2v) is 7.98. The lowest BCUT2D eigenvalue weighted by Gasteiger charge is -2.55. The van der Waals surface area contributed by atoms with Crippen LogP contribution < -0.4 is 0 Å². The Bertz CT molecular complexity index is 454. The molecule has 4 heteroatoms. The van der Waals surface area contributed by atoms with Crippen molar-refractivity contribution in [2.75, 3.05) is 13.2 Å². The van der Waals surface area contributed by atoms with Crippen LogP contribution >= 0.6 is 0 Å². The number of hydrogen-bond donors (Lipinski definition) is 2.